The Bertz CT molecular complexity index is 857. The summed E-state index contributed by atoms with van der Waals surface area (Å²) in [5.74, 6) is 1.66. The van der Waals surface area contributed by atoms with Crippen molar-refractivity contribution in [2.75, 3.05) is 31.2 Å². The Balaban J connectivity index is 1.89. The molecule has 0 spiro atoms. The number of halogens is 1. The lowest BCUT2D eigenvalue weighted by Crippen LogP contribution is -2.16. The second kappa shape index (κ2) is 7.29. The molecule has 3 rings (SSSR count). The number of anilines is 3. The fourth-order valence-corrected chi connectivity index (χ4v) is 2.37. The number of nitrogens with one attached hydrogen (secondary N) is 2. The summed E-state index contributed by atoms with van der Waals surface area (Å²) in [6.07, 6.45) is 1.72. The van der Waals surface area contributed by atoms with Crippen LogP contribution in [0.5, 0.6) is 5.88 Å². The van der Waals surface area contributed by atoms with Crippen LogP contribution < -0.4 is 21.1 Å². The Kier molecular flexibility index (Phi) is 4.93. The van der Waals surface area contributed by atoms with E-state index >= 15 is 0 Å². The Morgan fingerprint density at radius 3 is 2.92 bits per heavy atom. The van der Waals surface area contributed by atoms with Gasteiger partial charge in [-0.05, 0) is 30.6 Å². The third-order valence-electron chi connectivity index (χ3n) is 3.30. The zero-order valence-corrected chi connectivity index (χ0v) is 13.8. The molecule has 124 valence electrons. The van der Waals surface area contributed by atoms with Crippen LogP contribution in [0.15, 0.2) is 36.5 Å². The van der Waals surface area contributed by atoms with Crippen molar-refractivity contribution in [3.8, 4) is 5.88 Å². The van der Waals surface area contributed by atoms with Gasteiger partial charge in [-0.2, -0.15) is 9.97 Å². The Labute approximate surface area is 144 Å². The fraction of sp³-hybridized carbons (Fsp3) is 0.188. The van der Waals surface area contributed by atoms with E-state index in [1.165, 1.54) is 0 Å². The molecule has 0 amide bonds. The van der Waals surface area contributed by atoms with E-state index in [1.807, 2.05) is 31.3 Å². The van der Waals surface area contributed by atoms with E-state index in [4.69, 9.17) is 22.1 Å². The minimum atomic E-state index is 0.123. The number of ether oxygens (including phenoxy) is 1. The van der Waals surface area contributed by atoms with E-state index in [-0.39, 0.29) is 5.95 Å². The number of nitrogens with two attached hydrogens (primary N) is 1. The van der Waals surface area contributed by atoms with Crippen LogP contribution in [0, 0.1) is 0 Å². The SMILES string of the molecule is CNCCOc1cc(Nc2nccc3ccc(Cl)cc23)nc(N)n1. The van der Waals surface area contributed by atoms with E-state index in [1.54, 1.807) is 12.3 Å². The zero-order chi connectivity index (χ0) is 16.9. The average Bonchev–Trinajstić information content (AvgIpc) is 2.55. The molecular formula is C16H17ClN6O. The summed E-state index contributed by atoms with van der Waals surface area (Å²) in [5.41, 5.74) is 5.75. The van der Waals surface area contributed by atoms with Crippen molar-refractivity contribution in [1.29, 1.82) is 0 Å². The number of benzene rings is 1. The van der Waals surface area contributed by atoms with Crippen LogP contribution in [0.2, 0.25) is 5.02 Å². The van der Waals surface area contributed by atoms with Gasteiger partial charge in [0.05, 0.1) is 0 Å². The number of nitrogen functional groups attached to an aromatic ring is 1. The van der Waals surface area contributed by atoms with Gasteiger partial charge in [-0.3, -0.25) is 0 Å². The number of hydrogen-bond donors (Lipinski definition) is 3. The first-order chi connectivity index (χ1) is 11.7. The van der Waals surface area contributed by atoms with Crippen molar-refractivity contribution >= 4 is 40.0 Å². The summed E-state index contributed by atoms with van der Waals surface area (Å²) in [6.45, 7) is 1.19. The van der Waals surface area contributed by atoms with Crippen LogP contribution in [0.1, 0.15) is 0 Å². The highest BCUT2D eigenvalue weighted by Crippen LogP contribution is 2.27. The predicted molar refractivity (Wildman–Crippen MR) is 95.9 cm³/mol. The molecule has 4 N–H and O–H groups in total. The van der Waals surface area contributed by atoms with Crippen LogP contribution in [0.4, 0.5) is 17.6 Å². The van der Waals surface area contributed by atoms with Crippen molar-refractivity contribution in [2.45, 2.75) is 0 Å². The topological polar surface area (TPSA) is 98.0 Å². The lowest BCUT2D eigenvalue weighted by molar-refractivity contribution is 0.306. The van der Waals surface area contributed by atoms with Gasteiger partial charge in [-0.1, -0.05) is 17.7 Å². The number of nitrogens with zero attached hydrogens (tertiary/aromatic N) is 3. The van der Waals surface area contributed by atoms with Gasteiger partial charge in [0.1, 0.15) is 18.2 Å². The minimum absolute atomic E-state index is 0.123. The van der Waals surface area contributed by atoms with E-state index in [9.17, 15) is 0 Å². The molecule has 0 fully saturated rings. The van der Waals surface area contributed by atoms with Gasteiger partial charge in [0.15, 0.2) is 0 Å². The molecule has 24 heavy (non-hydrogen) atoms. The van der Waals surface area contributed by atoms with Gasteiger partial charge in [-0.15, -0.1) is 0 Å². The van der Waals surface area contributed by atoms with Crippen molar-refractivity contribution in [3.63, 3.8) is 0 Å². The van der Waals surface area contributed by atoms with E-state index in [2.05, 4.69) is 25.6 Å². The molecule has 0 unspecified atom stereocenters. The van der Waals surface area contributed by atoms with Crippen LogP contribution in [-0.4, -0.2) is 35.2 Å². The van der Waals surface area contributed by atoms with Crippen molar-refractivity contribution in [2.24, 2.45) is 0 Å². The second-order valence-electron chi connectivity index (χ2n) is 5.05. The molecule has 1 aromatic carbocycles. The Hall–Kier alpha value is -2.64. The van der Waals surface area contributed by atoms with Gasteiger partial charge >= 0.3 is 0 Å². The van der Waals surface area contributed by atoms with Gasteiger partial charge in [0, 0.05) is 29.2 Å². The Morgan fingerprint density at radius 1 is 1.21 bits per heavy atom. The predicted octanol–water partition coefficient (Wildman–Crippen LogP) is 2.60. The molecule has 7 nitrogen and oxygen atoms in total. The largest absolute Gasteiger partial charge is 0.476 e. The maximum absolute atomic E-state index is 6.09. The van der Waals surface area contributed by atoms with E-state index < -0.39 is 0 Å². The van der Waals surface area contributed by atoms with Crippen LogP contribution in [-0.2, 0) is 0 Å². The van der Waals surface area contributed by atoms with Crippen LogP contribution in [0.3, 0.4) is 0 Å². The van der Waals surface area contributed by atoms with Gasteiger partial charge < -0.3 is 21.1 Å². The van der Waals surface area contributed by atoms with Gasteiger partial charge in [0.25, 0.3) is 0 Å². The lowest BCUT2D eigenvalue weighted by Gasteiger charge is -2.11. The summed E-state index contributed by atoms with van der Waals surface area (Å²) in [6, 6.07) is 9.21. The first-order valence-corrected chi connectivity index (χ1v) is 7.77. The van der Waals surface area contributed by atoms with E-state index in [0.29, 0.717) is 35.7 Å². The number of pyridine rings is 1. The van der Waals surface area contributed by atoms with Crippen LogP contribution in [0.25, 0.3) is 10.8 Å². The highest BCUT2D eigenvalue weighted by Gasteiger charge is 2.08. The quantitative estimate of drug-likeness (QED) is 0.591. The highest BCUT2D eigenvalue weighted by atomic mass is 35.5. The third-order valence-corrected chi connectivity index (χ3v) is 3.53. The zero-order valence-electron chi connectivity index (χ0n) is 13.1. The molecule has 0 aliphatic carbocycles. The number of hydrogen-bond acceptors (Lipinski definition) is 7. The molecule has 2 heterocycles. The second-order valence-corrected chi connectivity index (χ2v) is 5.49. The Morgan fingerprint density at radius 2 is 2.08 bits per heavy atom. The summed E-state index contributed by atoms with van der Waals surface area (Å²) in [4.78, 5) is 12.6. The van der Waals surface area contributed by atoms with E-state index in [0.717, 1.165) is 10.8 Å². The average molecular weight is 345 g/mol. The maximum atomic E-state index is 6.09. The summed E-state index contributed by atoms with van der Waals surface area (Å²) in [5, 5.41) is 8.69. The van der Waals surface area contributed by atoms with Gasteiger partial charge in [-0.25, -0.2) is 4.98 Å². The molecule has 0 bridgehead atoms. The molecule has 2 aromatic heterocycles. The molecule has 3 aromatic rings. The standard InChI is InChI=1S/C16H17ClN6O/c1-19-6-7-24-14-9-13(22-16(18)23-14)21-15-12-8-11(17)3-2-10(12)4-5-20-15/h2-5,8-9,19H,6-7H2,1H3,(H3,18,20,21,22,23). The number of likely N-dealkylation sites (N-methyl/N-ethyl adjacent to an activating group) is 1. The summed E-state index contributed by atoms with van der Waals surface area (Å²) in [7, 11) is 1.85. The summed E-state index contributed by atoms with van der Waals surface area (Å²) < 4.78 is 5.54. The maximum Gasteiger partial charge on any atom is 0.225 e. The number of fused-ring (bicyclic) bond motifs is 1. The van der Waals surface area contributed by atoms with Crippen molar-refractivity contribution in [1.82, 2.24) is 20.3 Å². The first-order valence-electron chi connectivity index (χ1n) is 7.39. The first kappa shape index (κ1) is 16.2. The monoisotopic (exact) mass is 344 g/mol. The molecule has 0 saturated carbocycles. The fourth-order valence-electron chi connectivity index (χ4n) is 2.20. The van der Waals surface area contributed by atoms with Crippen molar-refractivity contribution in [3.05, 3.63) is 41.6 Å². The molecule has 0 radical (unpaired) electrons. The van der Waals surface area contributed by atoms with Crippen LogP contribution >= 0.6 is 11.6 Å². The minimum Gasteiger partial charge on any atom is -0.476 e. The van der Waals surface area contributed by atoms with Crippen molar-refractivity contribution < 1.29 is 4.74 Å². The van der Waals surface area contributed by atoms with Gasteiger partial charge in [0.2, 0.25) is 11.8 Å². The normalized spacial score (nSPS) is 10.8. The molecule has 0 saturated heterocycles. The molecule has 0 atom stereocenters. The smallest absolute Gasteiger partial charge is 0.225 e. The molecule has 8 heteroatoms. The molecule has 0 aliphatic rings. The molecular weight excluding hydrogens is 328 g/mol. The summed E-state index contributed by atoms with van der Waals surface area (Å²) >= 11 is 6.09. The number of aromatic nitrogens is 3. The lowest BCUT2D eigenvalue weighted by atomic mass is 10.1. The number of rotatable bonds is 6. The highest BCUT2D eigenvalue weighted by molar-refractivity contribution is 6.31. The third kappa shape index (κ3) is 3.81. The molecule has 0 aliphatic heterocycles.